The molecule has 3 rings (SSSR count). The van der Waals surface area contributed by atoms with Crippen molar-refractivity contribution in [2.45, 2.75) is 57.8 Å². The first-order valence-electron chi connectivity index (χ1n) is 12.8. The number of ketones is 1. The molecule has 0 amide bonds. The van der Waals surface area contributed by atoms with Crippen molar-refractivity contribution < 1.29 is 42.7 Å². The lowest BCUT2D eigenvalue weighted by molar-refractivity contribution is -0.142. The van der Waals surface area contributed by atoms with E-state index in [0.717, 1.165) is 6.42 Å². The fraction of sp³-hybridized carbons (Fsp3) is 0.778. The number of carbonyl (C=O) groups excluding carboxylic acids is 2. The molecule has 0 aromatic rings. The molecule has 0 aromatic carbocycles. The van der Waals surface area contributed by atoms with Crippen LogP contribution < -0.4 is 0 Å². The van der Waals surface area contributed by atoms with Crippen LogP contribution in [0.25, 0.3) is 0 Å². The SMILES string of the molecule is CCOC(=O)/C1=C\[C@@H]2[C@H]3C[C@H](C)[C@H](OCOC)[C@H]3C=C[C@@H]2C[C@@H](OCOC)C[C@@H](OCOC)CC1=O. The number of ether oxygens (including phenoxy) is 7. The van der Waals surface area contributed by atoms with Crippen LogP contribution in [-0.4, -0.2) is 78.4 Å². The summed E-state index contributed by atoms with van der Waals surface area (Å²) in [6.45, 7) is 4.55. The normalized spacial score (nSPS) is 36.0. The zero-order chi connectivity index (χ0) is 26.1. The van der Waals surface area contributed by atoms with Crippen LogP contribution >= 0.6 is 0 Å². The first kappa shape index (κ1) is 28.9. The van der Waals surface area contributed by atoms with Gasteiger partial charge in [0.1, 0.15) is 20.4 Å². The van der Waals surface area contributed by atoms with Crippen molar-refractivity contribution in [2.24, 2.45) is 29.6 Å². The van der Waals surface area contributed by atoms with E-state index in [0.29, 0.717) is 18.8 Å². The third-order valence-corrected chi connectivity index (χ3v) is 7.50. The Balaban J connectivity index is 1.99. The Kier molecular flexibility index (Phi) is 11.5. The fourth-order valence-corrected chi connectivity index (χ4v) is 5.99. The smallest absolute Gasteiger partial charge is 0.341 e. The van der Waals surface area contributed by atoms with Gasteiger partial charge in [-0.2, -0.15) is 0 Å². The molecule has 3 aliphatic rings. The summed E-state index contributed by atoms with van der Waals surface area (Å²) in [5.74, 6) is -0.125. The second kappa shape index (κ2) is 14.4. The van der Waals surface area contributed by atoms with Crippen molar-refractivity contribution in [3.8, 4) is 0 Å². The number of carbonyl (C=O) groups is 2. The van der Waals surface area contributed by atoms with E-state index in [-0.39, 0.29) is 80.6 Å². The van der Waals surface area contributed by atoms with Gasteiger partial charge >= 0.3 is 5.97 Å². The van der Waals surface area contributed by atoms with Crippen LogP contribution in [0, 0.1) is 29.6 Å². The van der Waals surface area contributed by atoms with Crippen LogP contribution in [0.2, 0.25) is 0 Å². The van der Waals surface area contributed by atoms with E-state index >= 15 is 0 Å². The molecule has 36 heavy (non-hydrogen) atoms. The van der Waals surface area contributed by atoms with Gasteiger partial charge in [0.25, 0.3) is 0 Å². The molecule has 0 aliphatic heterocycles. The first-order chi connectivity index (χ1) is 17.4. The zero-order valence-electron chi connectivity index (χ0n) is 22.2. The maximum Gasteiger partial charge on any atom is 0.341 e. The number of methoxy groups -OCH3 is 3. The van der Waals surface area contributed by atoms with E-state index in [4.69, 9.17) is 33.2 Å². The number of hydrogen-bond acceptors (Lipinski definition) is 9. The molecule has 3 aliphatic carbocycles. The second-order valence-corrected chi connectivity index (χ2v) is 9.91. The summed E-state index contributed by atoms with van der Waals surface area (Å²) in [5, 5.41) is 0. The molecule has 0 saturated heterocycles. The lowest BCUT2D eigenvalue weighted by atomic mass is 9.68. The summed E-state index contributed by atoms with van der Waals surface area (Å²) in [6, 6.07) is 0. The molecule has 9 nitrogen and oxygen atoms in total. The molecular formula is C27H42O9. The summed E-state index contributed by atoms with van der Waals surface area (Å²) in [5.41, 5.74) is 0.108. The number of esters is 1. The minimum Gasteiger partial charge on any atom is -0.462 e. The van der Waals surface area contributed by atoms with Crippen LogP contribution in [0.15, 0.2) is 23.8 Å². The molecule has 1 saturated carbocycles. The zero-order valence-corrected chi connectivity index (χ0v) is 22.2. The average molecular weight is 511 g/mol. The molecule has 0 bridgehead atoms. The van der Waals surface area contributed by atoms with Crippen LogP contribution in [0.5, 0.6) is 0 Å². The Morgan fingerprint density at radius 2 is 1.56 bits per heavy atom. The minimum atomic E-state index is -0.580. The molecule has 0 N–H and O–H groups in total. The predicted octanol–water partition coefficient (Wildman–Crippen LogP) is 3.27. The van der Waals surface area contributed by atoms with Crippen LogP contribution in [0.3, 0.4) is 0 Å². The van der Waals surface area contributed by atoms with Crippen LogP contribution in [0.4, 0.5) is 0 Å². The summed E-state index contributed by atoms with van der Waals surface area (Å²) in [4.78, 5) is 26.4. The largest absolute Gasteiger partial charge is 0.462 e. The highest BCUT2D eigenvalue weighted by Gasteiger charge is 2.48. The molecule has 0 aromatic heterocycles. The number of fused-ring (bicyclic) bond motifs is 3. The van der Waals surface area contributed by atoms with Gasteiger partial charge < -0.3 is 33.2 Å². The van der Waals surface area contributed by atoms with Crippen molar-refractivity contribution in [3.63, 3.8) is 0 Å². The fourth-order valence-electron chi connectivity index (χ4n) is 5.99. The molecule has 8 atom stereocenters. The first-order valence-corrected chi connectivity index (χ1v) is 12.8. The lowest BCUT2D eigenvalue weighted by Crippen LogP contribution is -2.37. The minimum absolute atomic E-state index is 0.0186. The van der Waals surface area contributed by atoms with Crippen molar-refractivity contribution in [3.05, 3.63) is 23.8 Å². The van der Waals surface area contributed by atoms with E-state index in [1.165, 1.54) is 7.11 Å². The van der Waals surface area contributed by atoms with Crippen LogP contribution in [0.1, 0.15) is 39.5 Å². The third kappa shape index (κ3) is 7.24. The maximum absolute atomic E-state index is 13.5. The molecule has 9 heteroatoms. The predicted molar refractivity (Wildman–Crippen MR) is 131 cm³/mol. The van der Waals surface area contributed by atoms with Gasteiger partial charge in [0.05, 0.1) is 30.5 Å². The quantitative estimate of drug-likeness (QED) is 0.179. The Morgan fingerprint density at radius 1 is 0.889 bits per heavy atom. The number of hydrogen-bond donors (Lipinski definition) is 0. The van der Waals surface area contributed by atoms with Crippen LogP contribution in [-0.2, 0) is 42.7 Å². The summed E-state index contributed by atoms with van der Waals surface area (Å²) < 4.78 is 38.6. The van der Waals surface area contributed by atoms with E-state index < -0.39 is 12.1 Å². The standard InChI is InChI=1S/C27H42O9/c1-6-33-27(29)24-13-22-18(7-8-21-23(22)9-17(2)26(21)36-16-32-5)10-19(34-14-30-3)11-20(12-25(24)28)35-15-31-4/h7-8,13,17-23,26H,6,9-12,14-16H2,1-5H3/b24-13-/t17-,18+,19+,20+,21-,22-,23-,26-/m0/s1. The van der Waals surface area contributed by atoms with Crippen molar-refractivity contribution >= 4 is 11.8 Å². The Bertz CT molecular complexity index is 779. The van der Waals surface area contributed by atoms with Gasteiger partial charge in [0, 0.05) is 40.1 Å². The van der Waals surface area contributed by atoms with E-state index in [1.54, 1.807) is 21.1 Å². The van der Waals surface area contributed by atoms with Gasteiger partial charge in [0.2, 0.25) is 0 Å². The van der Waals surface area contributed by atoms with E-state index in [1.807, 2.05) is 6.08 Å². The Hall–Kier alpha value is -1.62. The molecule has 0 radical (unpaired) electrons. The second-order valence-electron chi connectivity index (χ2n) is 9.91. The summed E-state index contributed by atoms with van der Waals surface area (Å²) in [6.07, 6.45) is 7.83. The highest BCUT2D eigenvalue weighted by molar-refractivity contribution is 6.17. The highest BCUT2D eigenvalue weighted by atomic mass is 16.7. The van der Waals surface area contributed by atoms with Crippen molar-refractivity contribution in [2.75, 3.05) is 48.3 Å². The number of allylic oxidation sites excluding steroid dienone is 2. The molecule has 0 unspecified atom stereocenters. The number of Topliss-reactive ketones (excluding diaryl/α,β-unsaturated/α-hetero) is 1. The Morgan fingerprint density at radius 3 is 2.22 bits per heavy atom. The lowest BCUT2D eigenvalue weighted by Gasteiger charge is -2.38. The van der Waals surface area contributed by atoms with E-state index in [2.05, 4.69) is 19.1 Å². The van der Waals surface area contributed by atoms with E-state index in [9.17, 15) is 9.59 Å². The number of rotatable bonds is 11. The molecule has 204 valence electrons. The molecular weight excluding hydrogens is 468 g/mol. The van der Waals surface area contributed by atoms with Crippen molar-refractivity contribution in [1.82, 2.24) is 0 Å². The molecule has 0 heterocycles. The van der Waals surface area contributed by atoms with Gasteiger partial charge in [-0.15, -0.1) is 0 Å². The van der Waals surface area contributed by atoms with Crippen molar-refractivity contribution in [1.29, 1.82) is 0 Å². The monoisotopic (exact) mass is 510 g/mol. The highest BCUT2D eigenvalue weighted by Crippen LogP contribution is 2.50. The van der Waals surface area contributed by atoms with Gasteiger partial charge in [-0.3, -0.25) is 4.79 Å². The van der Waals surface area contributed by atoms with Gasteiger partial charge in [-0.25, -0.2) is 4.79 Å². The molecule has 0 spiro atoms. The van der Waals surface area contributed by atoms with Gasteiger partial charge in [-0.05, 0) is 43.4 Å². The van der Waals surface area contributed by atoms with Gasteiger partial charge in [0.15, 0.2) is 5.78 Å². The Labute approximate surface area is 214 Å². The topological polar surface area (TPSA) is 98.8 Å². The maximum atomic E-state index is 13.5. The molecule has 1 fully saturated rings. The van der Waals surface area contributed by atoms with Gasteiger partial charge in [-0.1, -0.05) is 25.2 Å². The average Bonchev–Trinajstić information content (AvgIpc) is 3.18. The summed E-state index contributed by atoms with van der Waals surface area (Å²) >= 11 is 0. The third-order valence-electron chi connectivity index (χ3n) is 7.50. The summed E-state index contributed by atoms with van der Waals surface area (Å²) in [7, 11) is 4.74.